The molecule has 0 saturated carbocycles. The van der Waals surface area contributed by atoms with Crippen LogP contribution in [0.25, 0.3) is 0 Å². The SMILES string of the molecule is COC(CNCCN)C(OC)OC. The molecule has 0 fully saturated rings. The summed E-state index contributed by atoms with van der Waals surface area (Å²) in [6.45, 7) is 2.04. The molecule has 5 nitrogen and oxygen atoms in total. The molecule has 0 amide bonds. The van der Waals surface area contributed by atoms with E-state index in [9.17, 15) is 0 Å². The van der Waals surface area contributed by atoms with E-state index in [1.807, 2.05) is 0 Å². The molecule has 0 aromatic rings. The van der Waals surface area contributed by atoms with Crippen molar-refractivity contribution in [1.29, 1.82) is 0 Å². The van der Waals surface area contributed by atoms with E-state index in [1.165, 1.54) is 0 Å². The van der Waals surface area contributed by atoms with Gasteiger partial charge in [0, 0.05) is 41.0 Å². The second kappa shape index (κ2) is 8.40. The van der Waals surface area contributed by atoms with Crippen LogP contribution in [0.3, 0.4) is 0 Å². The Morgan fingerprint density at radius 3 is 2.15 bits per heavy atom. The third-order valence-corrected chi connectivity index (χ3v) is 1.74. The molecule has 0 aliphatic carbocycles. The first-order valence-corrected chi connectivity index (χ1v) is 4.29. The van der Waals surface area contributed by atoms with Gasteiger partial charge in [-0.3, -0.25) is 0 Å². The van der Waals surface area contributed by atoms with E-state index in [4.69, 9.17) is 19.9 Å². The molecule has 0 saturated heterocycles. The van der Waals surface area contributed by atoms with E-state index >= 15 is 0 Å². The van der Waals surface area contributed by atoms with Gasteiger partial charge in [-0.15, -0.1) is 0 Å². The van der Waals surface area contributed by atoms with Gasteiger partial charge in [-0.05, 0) is 0 Å². The molecule has 0 aliphatic heterocycles. The van der Waals surface area contributed by atoms with Gasteiger partial charge >= 0.3 is 0 Å². The van der Waals surface area contributed by atoms with Crippen LogP contribution >= 0.6 is 0 Å². The van der Waals surface area contributed by atoms with Crippen molar-refractivity contribution in [2.24, 2.45) is 5.73 Å². The van der Waals surface area contributed by atoms with Crippen LogP contribution in [-0.2, 0) is 14.2 Å². The van der Waals surface area contributed by atoms with Crippen molar-refractivity contribution >= 4 is 0 Å². The topological polar surface area (TPSA) is 65.7 Å². The molecule has 0 heterocycles. The third-order valence-electron chi connectivity index (χ3n) is 1.74. The standard InChI is InChI=1S/C8H20N2O3/c1-11-7(6-10-5-4-9)8(12-2)13-3/h7-8,10H,4-6,9H2,1-3H3. The average Bonchev–Trinajstić information content (AvgIpc) is 2.17. The van der Waals surface area contributed by atoms with Gasteiger partial charge in [0.15, 0.2) is 6.29 Å². The lowest BCUT2D eigenvalue weighted by molar-refractivity contribution is -0.171. The van der Waals surface area contributed by atoms with E-state index in [0.717, 1.165) is 6.54 Å². The summed E-state index contributed by atoms with van der Waals surface area (Å²) < 4.78 is 15.3. The molecule has 0 aliphatic rings. The highest BCUT2D eigenvalue weighted by Crippen LogP contribution is 2.01. The molecule has 1 atom stereocenters. The predicted molar refractivity (Wildman–Crippen MR) is 50.5 cm³/mol. The zero-order valence-electron chi connectivity index (χ0n) is 8.58. The van der Waals surface area contributed by atoms with Crippen molar-refractivity contribution in [1.82, 2.24) is 5.32 Å². The second-order valence-electron chi connectivity index (χ2n) is 2.61. The van der Waals surface area contributed by atoms with Gasteiger partial charge < -0.3 is 25.3 Å². The van der Waals surface area contributed by atoms with Gasteiger partial charge in [0.1, 0.15) is 6.10 Å². The molecule has 80 valence electrons. The van der Waals surface area contributed by atoms with Crippen LogP contribution in [0.1, 0.15) is 0 Å². The van der Waals surface area contributed by atoms with Crippen LogP contribution in [-0.4, -0.2) is 53.4 Å². The van der Waals surface area contributed by atoms with Gasteiger partial charge in [-0.25, -0.2) is 0 Å². The Labute approximate surface area is 79.5 Å². The summed E-state index contributed by atoms with van der Waals surface area (Å²) in [5.74, 6) is 0. The van der Waals surface area contributed by atoms with Gasteiger partial charge in [-0.1, -0.05) is 0 Å². The largest absolute Gasteiger partial charge is 0.375 e. The Morgan fingerprint density at radius 1 is 1.15 bits per heavy atom. The molecule has 0 rings (SSSR count). The zero-order chi connectivity index (χ0) is 10.1. The van der Waals surface area contributed by atoms with Crippen LogP contribution in [0.2, 0.25) is 0 Å². The number of hydrogen-bond acceptors (Lipinski definition) is 5. The molecule has 0 radical (unpaired) electrons. The molecule has 0 aromatic heterocycles. The van der Waals surface area contributed by atoms with Crippen molar-refractivity contribution in [3.8, 4) is 0 Å². The summed E-state index contributed by atoms with van der Waals surface area (Å²) in [6.07, 6.45) is -0.447. The van der Waals surface area contributed by atoms with Crippen molar-refractivity contribution in [2.75, 3.05) is 41.0 Å². The number of nitrogens with two attached hydrogens (primary N) is 1. The third kappa shape index (κ3) is 5.17. The molecular weight excluding hydrogens is 172 g/mol. The maximum atomic E-state index is 5.33. The van der Waals surface area contributed by atoms with Crippen molar-refractivity contribution in [2.45, 2.75) is 12.4 Å². The monoisotopic (exact) mass is 192 g/mol. The minimum atomic E-state index is -0.338. The van der Waals surface area contributed by atoms with Crippen molar-refractivity contribution in [3.63, 3.8) is 0 Å². The maximum absolute atomic E-state index is 5.33. The number of methoxy groups -OCH3 is 3. The van der Waals surface area contributed by atoms with Crippen LogP contribution in [0.5, 0.6) is 0 Å². The highest BCUT2D eigenvalue weighted by atomic mass is 16.7. The normalized spacial score (nSPS) is 13.6. The summed E-state index contributed by atoms with van der Waals surface area (Å²) in [6, 6.07) is 0. The first-order chi connectivity index (χ1) is 6.29. The van der Waals surface area contributed by atoms with Gasteiger partial charge in [0.05, 0.1) is 0 Å². The second-order valence-corrected chi connectivity index (χ2v) is 2.61. The van der Waals surface area contributed by atoms with Gasteiger partial charge in [0.2, 0.25) is 0 Å². The van der Waals surface area contributed by atoms with E-state index in [0.29, 0.717) is 13.1 Å². The van der Waals surface area contributed by atoms with E-state index < -0.39 is 0 Å². The van der Waals surface area contributed by atoms with E-state index in [1.54, 1.807) is 21.3 Å². The zero-order valence-corrected chi connectivity index (χ0v) is 8.58. The van der Waals surface area contributed by atoms with Crippen LogP contribution < -0.4 is 11.1 Å². The number of hydrogen-bond donors (Lipinski definition) is 2. The highest BCUT2D eigenvalue weighted by molar-refractivity contribution is 4.65. The lowest BCUT2D eigenvalue weighted by Gasteiger charge is -2.23. The summed E-state index contributed by atoms with van der Waals surface area (Å²) >= 11 is 0. The fraction of sp³-hybridized carbons (Fsp3) is 1.00. The molecular formula is C8H20N2O3. The van der Waals surface area contributed by atoms with E-state index in [2.05, 4.69) is 5.32 Å². The Kier molecular flexibility index (Phi) is 8.27. The molecule has 1 unspecified atom stereocenters. The first kappa shape index (κ1) is 12.8. The Balaban J connectivity index is 3.71. The Bertz CT molecular complexity index is 110. The van der Waals surface area contributed by atoms with Gasteiger partial charge in [0.25, 0.3) is 0 Å². The van der Waals surface area contributed by atoms with Gasteiger partial charge in [-0.2, -0.15) is 0 Å². The van der Waals surface area contributed by atoms with Crippen LogP contribution in [0.15, 0.2) is 0 Å². The first-order valence-electron chi connectivity index (χ1n) is 4.29. The Hall–Kier alpha value is -0.200. The Morgan fingerprint density at radius 2 is 1.77 bits per heavy atom. The highest BCUT2D eigenvalue weighted by Gasteiger charge is 2.19. The summed E-state index contributed by atoms with van der Waals surface area (Å²) in [5, 5.41) is 3.13. The number of rotatable bonds is 8. The molecule has 5 heteroatoms. The minimum Gasteiger partial charge on any atom is -0.375 e. The number of ether oxygens (including phenoxy) is 3. The fourth-order valence-electron chi connectivity index (χ4n) is 1.04. The summed E-state index contributed by atoms with van der Waals surface area (Å²) in [7, 11) is 4.80. The van der Waals surface area contributed by atoms with Crippen molar-refractivity contribution < 1.29 is 14.2 Å². The van der Waals surface area contributed by atoms with Crippen LogP contribution in [0, 0.1) is 0 Å². The summed E-state index contributed by atoms with van der Waals surface area (Å²) in [4.78, 5) is 0. The lowest BCUT2D eigenvalue weighted by atomic mass is 10.3. The molecule has 3 N–H and O–H groups in total. The number of nitrogens with one attached hydrogen (secondary N) is 1. The molecule has 13 heavy (non-hydrogen) atoms. The van der Waals surface area contributed by atoms with Crippen LogP contribution in [0.4, 0.5) is 0 Å². The quantitative estimate of drug-likeness (QED) is 0.388. The minimum absolute atomic E-state index is 0.110. The predicted octanol–water partition coefficient (Wildman–Crippen LogP) is -0.831. The molecule has 0 bridgehead atoms. The average molecular weight is 192 g/mol. The molecule has 0 spiro atoms. The smallest absolute Gasteiger partial charge is 0.184 e. The maximum Gasteiger partial charge on any atom is 0.184 e. The molecule has 0 aromatic carbocycles. The van der Waals surface area contributed by atoms with E-state index in [-0.39, 0.29) is 12.4 Å². The summed E-state index contributed by atoms with van der Waals surface area (Å²) in [5.41, 5.74) is 5.33. The fourth-order valence-corrected chi connectivity index (χ4v) is 1.04. The van der Waals surface area contributed by atoms with Crippen molar-refractivity contribution in [3.05, 3.63) is 0 Å². The lowest BCUT2D eigenvalue weighted by Crippen LogP contribution is -2.41.